The topological polar surface area (TPSA) is 64.7 Å². The van der Waals surface area contributed by atoms with E-state index >= 15 is 0 Å². The van der Waals surface area contributed by atoms with Crippen molar-refractivity contribution in [2.45, 2.75) is 19.8 Å². The molecule has 0 bridgehead atoms. The number of benzene rings is 1. The van der Waals surface area contributed by atoms with Crippen molar-refractivity contribution in [2.24, 2.45) is 10.7 Å². The van der Waals surface area contributed by atoms with Crippen LogP contribution in [0.2, 0.25) is 0 Å². The molecule has 1 aromatic carbocycles. The van der Waals surface area contributed by atoms with Gasteiger partial charge in [-0.05, 0) is 47.2 Å². The van der Waals surface area contributed by atoms with Gasteiger partial charge >= 0.3 is 5.97 Å². The van der Waals surface area contributed by atoms with Gasteiger partial charge in [0.1, 0.15) is 5.84 Å². The molecule has 0 radical (unpaired) electrons. The molecule has 0 atom stereocenters. The van der Waals surface area contributed by atoms with Gasteiger partial charge in [0.05, 0.1) is 22.7 Å². The number of carbonyl (C=O) groups is 1. The van der Waals surface area contributed by atoms with Crippen LogP contribution in [0.3, 0.4) is 0 Å². The van der Waals surface area contributed by atoms with E-state index in [0.717, 1.165) is 34.5 Å². The van der Waals surface area contributed by atoms with E-state index in [1.165, 1.54) is 0 Å². The lowest BCUT2D eigenvalue weighted by atomic mass is 10.0. The summed E-state index contributed by atoms with van der Waals surface area (Å²) in [7, 11) is 0. The molecule has 0 fully saturated rings. The smallest absolute Gasteiger partial charge is 0.338 e. The second-order valence-electron chi connectivity index (χ2n) is 4.93. The number of rotatable bonds is 3. The van der Waals surface area contributed by atoms with Gasteiger partial charge in [0.25, 0.3) is 0 Å². The Morgan fingerprint density at radius 3 is 3.05 bits per heavy atom. The summed E-state index contributed by atoms with van der Waals surface area (Å²) >= 11 is 1.59. The lowest BCUT2D eigenvalue weighted by Crippen LogP contribution is -2.11. The number of esters is 1. The van der Waals surface area contributed by atoms with Crippen LogP contribution in [0.4, 0.5) is 5.69 Å². The largest absolute Gasteiger partial charge is 0.462 e. The number of hydrogen-bond acceptors (Lipinski definition) is 5. The van der Waals surface area contributed by atoms with Crippen molar-refractivity contribution in [3.05, 3.63) is 51.2 Å². The van der Waals surface area contributed by atoms with Crippen molar-refractivity contribution < 1.29 is 9.53 Å². The summed E-state index contributed by atoms with van der Waals surface area (Å²) in [6, 6.07) is 7.49. The van der Waals surface area contributed by atoms with Crippen LogP contribution in [-0.4, -0.2) is 18.4 Å². The van der Waals surface area contributed by atoms with Crippen molar-refractivity contribution in [3.63, 3.8) is 0 Å². The molecular weight excluding hydrogens is 284 g/mol. The van der Waals surface area contributed by atoms with Crippen LogP contribution in [-0.2, 0) is 11.2 Å². The Morgan fingerprint density at radius 1 is 1.38 bits per heavy atom. The van der Waals surface area contributed by atoms with Gasteiger partial charge in [-0.1, -0.05) is 6.92 Å². The number of nitrogens with two attached hydrogens (primary N) is 1. The molecule has 5 heteroatoms. The van der Waals surface area contributed by atoms with Crippen LogP contribution in [0, 0.1) is 0 Å². The molecule has 3 rings (SSSR count). The van der Waals surface area contributed by atoms with E-state index in [2.05, 4.69) is 11.1 Å². The molecule has 0 amide bonds. The molecule has 1 aromatic heterocycles. The maximum atomic E-state index is 12.0. The number of fused-ring (bicyclic) bond motifs is 2. The van der Waals surface area contributed by atoms with E-state index in [1.54, 1.807) is 17.4 Å². The Morgan fingerprint density at radius 2 is 2.24 bits per heavy atom. The lowest BCUT2D eigenvalue weighted by molar-refractivity contribution is 0.0505. The molecule has 0 saturated carbocycles. The van der Waals surface area contributed by atoms with Crippen molar-refractivity contribution in [3.8, 4) is 0 Å². The fraction of sp³-hybridized carbons (Fsp3) is 0.250. The van der Waals surface area contributed by atoms with Crippen LogP contribution in [0.1, 0.15) is 39.7 Å². The van der Waals surface area contributed by atoms with Crippen LogP contribution >= 0.6 is 11.3 Å². The SMILES string of the molecule is CCCOC(=O)c1ccc2c(c1)Cc1ccsc1C(N)=N2. The first kappa shape index (κ1) is 13.8. The van der Waals surface area contributed by atoms with E-state index in [1.807, 2.05) is 24.4 Å². The van der Waals surface area contributed by atoms with Gasteiger partial charge in [0, 0.05) is 6.42 Å². The summed E-state index contributed by atoms with van der Waals surface area (Å²) in [5.41, 5.74) is 9.58. The van der Waals surface area contributed by atoms with E-state index in [4.69, 9.17) is 10.5 Å². The van der Waals surface area contributed by atoms with E-state index in [-0.39, 0.29) is 5.97 Å². The fourth-order valence-corrected chi connectivity index (χ4v) is 3.15. The normalized spacial score (nSPS) is 12.9. The van der Waals surface area contributed by atoms with Crippen LogP contribution in [0.15, 0.2) is 34.6 Å². The maximum Gasteiger partial charge on any atom is 0.338 e. The number of nitrogens with zero attached hydrogens (tertiary/aromatic N) is 1. The Kier molecular flexibility index (Phi) is 3.75. The molecule has 0 aliphatic carbocycles. The second-order valence-corrected chi connectivity index (χ2v) is 5.84. The minimum absolute atomic E-state index is 0.286. The highest BCUT2D eigenvalue weighted by atomic mass is 32.1. The van der Waals surface area contributed by atoms with Crippen LogP contribution in [0.25, 0.3) is 0 Å². The van der Waals surface area contributed by atoms with Gasteiger partial charge in [0.15, 0.2) is 0 Å². The van der Waals surface area contributed by atoms with Crippen molar-refractivity contribution in [1.29, 1.82) is 0 Å². The van der Waals surface area contributed by atoms with Gasteiger partial charge in [-0.15, -0.1) is 11.3 Å². The van der Waals surface area contributed by atoms with E-state index in [0.29, 0.717) is 18.0 Å². The van der Waals surface area contributed by atoms with Gasteiger partial charge in [-0.2, -0.15) is 0 Å². The molecule has 0 saturated heterocycles. The molecule has 2 heterocycles. The average Bonchev–Trinajstić information content (AvgIpc) is 2.90. The van der Waals surface area contributed by atoms with Crippen molar-refractivity contribution >= 4 is 28.8 Å². The number of carbonyl (C=O) groups excluding carboxylic acids is 1. The maximum absolute atomic E-state index is 12.0. The Bertz CT molecular complexity index is 719. The average molecular weight is 300 g/mol. The first-order chi connectivity index (χ1) is 10.2. The molecule has 1 aliphatic rings. The van der Waals surface area contributed by atoms with Crippen LogP contribution < -0.4 is 5.73 Å². The van der Waals surface area contributed by atoms with Gasteiger partial charge in [-0.3, -0.25) is 0 Å². The summed E-state index contributed by atoms with van der Waals surface area (Å²) in [5.74, 6) is 0.256. The molecule has 108 valence electrons. The van der Waals surface area contributed by atoms with Crippen molar-refractivity contribution in [1.82, 2.24) is 0 Å². The zero-order valence-corrected chi connectivity index (χ0v) is 12.6. The number of hydrogen-bond donors (Lipinski definition) is 1. The lowest BCUT2D eigenvalue weighted by Gasteiger charge is -2.07. The predicted octanol–water partition coefficient (Wildman–Crippen LogP) is 3.26. The van der Waals surface area contributed by atoms with Crippen molar-refractivity contribution in [2.75, 3.05) is 6.61 Å². The van der Waals surface area contributed by atoms with Gasteiger partial charge in [0.2, 0.25) is 0 Å². The second kappa shape index (κ2) is 5.69. The third-order valence-electron chi connectivity index (χ3n) is 3.35. The molecule has 1 aliphatic heterocycles. The predicted molar refractivity (Wildman–Crippen MR) is 84.5 cm³/mol. The first-order valence-corrected chi connectivity index (χ1v) is 7.78. The highest BCUT2D eigenvalue weighted by Gasteiger charge is 2.18. The zero-order valence-electron chi connectivity index (χ0n) is 11.8. The quantitative estimate of drug-likeness (QED) is 0.885. The molecular formula is C16H16N2O2S. The monoisotopic (exact) mass is 300 g/mol. The minimum atomic E-state index is -0.286. The number of aliphatic imine (C=N–C) groups is 1. The number of ether oxygens (including phenoxy) is 1. The Labute approximate surface area is 127 Å². The van der Waals surface area contributed by atoms with E-state index in [9.17, 15) is 4.79 Å². The summed E-state index contributed by atoms with van der Waals surface area (Å²) in [4.78, 5) is 17.4. The number of thiophene rings is 1. The zero-order chi connectivity index (χ0) is 14.8. The third kappa shape index (κ3) is 2.69. The molecule has 4 nitrogen and oxygen atoms in total. The Hall–Kier alpha value is -2.14. The number of amidine groups is 1. The highest BCUT2D eigenvalue weighted by molar-refractivity contribution is 7.12. The van der Waals surface area contributed by atoms with E-state index < -0.39 is 0 Å². The molecule has 21 heavy (non-hydrogen) atoms. The Balaban J connectivity index is 1.96. The third-order valence-corrected chi connectivity index (χ3v) is 4.33. The minimum Gasteiger partial charge on any atom is -0.462 e. The highest BCUT2D eigenvalue weighted by Crippen LogP contribution is 2.31. The van der Waals surface area contributed by atoms with Gasteiger partial charge < -0.3 is 10.5 Å². The molecule has 0 unspecified atom stereocenters. The van der Waals surface area contributed by atoms with Crippen LogP contribution in [0.5, 0.6) is 0 Å². The standard InChI is InChI=1S/C16H16N2O2S/c1-2-6-20-16(19)11-3-4-13-12(9-11)8-10-5-7-21-14(10)15(17)18-13/h3-5,7,9H,2,6,8H2,1H3,(H2,17,18). The molecule has 2 aromatic rings. The molecule has 2 N–H and O–H groups in total. The first-order valence-electron chi connectivity index (χ1n) is 6.90. The fourth-order valence-electron chi connectivity index (χ4n) is 2.33. The summed E-state index contributed by atoms with van der Waals surface area (Å²) in [5, 5.41) is 2.01. The summed E-state index contributed by atoms with van der Waals surface area (Å²) in [6.07, 6.45) is 1.54. The summed E-state index contributed by atoms with van der Waals surface area (Å²) < 4.78 is 5.18. The summed E-state index contributed by atoms with van der Waals surface area (Å²) in [6.45, 7) is 2.41. The van der Waals surface area contributed by atoms with Gasteiger partial charge in [-0.25, -0.2) is 9.79 Å². The molecule has 0 spiro atoms.